The maximum Gasteiger partial charge on any atom is 0.324 e. The van der Waals surface area contributed by atoms with Gasteiger partial charge in [0.05, 0.1) is 0 Å². The van der Waals surface area contributed by atoms with Crippen LogP contribution in [0.2, 0.25) is 5.02 Å². The molecule has 0 fully saturated rings. The second-order valence-electron chi connectivity index (χ2n) is 4.24. The summed E-state index contributed by atoms with van der Waals surface area (Å²) in [6, 6.07) is 8.61. The van der Waals surface area contributed by atoms with Crippen molar-refractivity contribution >= 4 is 29.1 Å². The third-order valence-electron chi connectivity index (χ3n) is 2.73. The fourth-order valence-electron chi connectivity index (χ4n) is 1.57. The molecular formula is C14H14ClN3O. The van der Waals surface area contributed by atoms with Crippen LogP contribution in [0.1, 0.15) is 11.1 Å². The van der Waals surface area contributed by atoms with Gasteiger partial charge in [0.25, 0.3) is 0 Å². The van der Waals surface area contributed by atoms with E-state index < -0.39 is 0 Å². The number of urea groups is 1. The smallest absolute Gasteiger partial charge is 0.308 e. The Morgan fingerprint density at radius 3 is 2.58 bits per heavy atom. The number of rotatable bonds is 2. The van der Waals surface area contributed by atoms with Gasteiger partial charge in [-0.05, 0) is 49.2 Å². The maximum absolute atomic E-state index is 11.8. The van der Waals surface area contributed by atoms with Crippen LogP contribution in [-0.2, 0) is 0 Å². The van der Waals surface area contributed by atoms with Crippen LogP contribution >= 0.6 is 11.6 Å². The van der Waals surface area contributed by atoms with E-state index in [1.165, 1.54) is 11.8 Å². The lowest BCUT2D eigenvalue weighted by atomic mass is 10.1. The molecule has 0 aliphatic rings. The molecule has 1 heterocycles. The second-order valence-corrected chi connectivity index (χ2v) is 4.67. The molecule has 0 radical (unpaired) electrons. The average Bonchev–Trinajstić information content (AvgIpc) is 2.34. The molecule has 0 bridgehead atoms. The largest absolute Gasteiger partial charge is 0.324 e. The van der Waals surface area contributed by atoms with Crippen molar-refractivity contribution in [3.63, 3.8) is 0 Å². The molecule has 0 saturated heterocycles. The molecule has 1 aromatic carbocycles. The van der Waals surface area contributed by atoms with E-state index in [1.54, 1.807) is 12.1 Å². The van der Waals surface area contributed by atoms with E-state index in [-0.39, 0.29) is 6.03 Å². The zero-order chi connectivity index (χ0) is 13.8. The number of amides is 2. The van der Waals surface area contributed by atoms with Crippen molar-refractivity contribution in [3.8, 4) is 0 Å². The molecule has 0 spiro atoms. The van der Waals surface area contributed by atoms with Crippen LogP contribution in [0.4, 0.5) is 16.3 Å². The molecule has 2 rings (SSSR count). The molecule has 0 atom stereocenters. The summed E-state index contributed by atoms with van der Waals surface area (Å²) in [5, 5.41) is 5.89. The first-order chi connectivity index (χ1) is 9.04. The van der Waals surface area contributed by atoms with Crippen molar-refractivity contribution in [3.05, 3.63) is 52.7 Å². The minimum Gasteiger partial charge on any atom is -0.308 e. The number of aromatic nitrogens is 1. The van der Waals surface area contributed by atoms with Gasteiger partial charge in [0.15, 0.2) is 0 Å². The summed E-state index contributed by atoms with van der Waals surface area (Å²) in [7, 11) is 0. The highest BCUT2D eigenvalue weighted by atomic mass is 35.5. The van der Waals surface area contributed by atoms with Gasteiger partial charge in [-0.3, -0.25) is 5.32 Å². The van der Waals surface area contributed by atoms with Crippen molar-refractivity contribution in [2.45, 2.75) is 13.8 Å². The Bertz CT molecular complexity index is 613. The van der Waals surface area contributed by atoms with E-state index in [2.05, 4.69) is 15.6 Å². The van der Waals surface area contributed by atoms with E-state index >= 15 is 0 Å². The van der Waals surface area contributed by atoms with Gasteiger partial charge in [-0.2, -0.15) is 0 Å². The monoisotopic (exact) mass is 275 g/mol. The molecular weight excluding hydrogens is 262 g/mol. The van der Waals surface area contributed by atoms with Crippen LogP contribution in [0.5, 0.6) is 0 Å². The zero-order valence-electron chi connectivity index (χ0n) is 10.7. The summed E-state index contributed by atoms with van der Waals surface area (Å²) in [6.45, 7) is 4.02. The van der Waals surface area contributed by atoms with Crippen LogP contribution in [0, 0.1) is 13.8 Å². The molecule has 0 saturated carbocycles. The maximum atomic E-state index is 11.8. The summed E-state index contributed by atoms with van der Waals surface area (Å²) in [4.78, 5) is 15.8. The second kappa shape index (κ2) is 5.71. The van der Waals surface area contributed by atoms with Crippen molar-refractivity contribution in [1.82, 2.24) is 4.98 Å². The quantitative estimate of drug-likeness (QED) is 0.870. The molecule has 2 aromatic rings. The summed E-state index contributed by atoms with van der Waals surface area (Å²) in [5.74, 6) is 0.411. The van der Waals surface area contributed by atoms with Gasteiger partial charge in [0, 0.05) is 16.9 Å². The molecule has 98 valence electrons. The van der Waals surface area contributed by atoms with Gasteiger partial charge in [0.2, 0.25) is 0 Å². The highest BCUT2D eigenvalue weighted by Gasteiger charge is 2.04. The summed E-state index contributed by atoms with van der Waals surface area (Å²) >= 11 is 5.81. The van der Waals surface area contributed by atoms with Crippen LogP contribution in [-0.4, -0.2) is 11.0 Å². The first kappa shape index (κ1) is 13.4. The Labute approximate surface area is 116 Å². The third-order valence-corrected chi connectivity index (χ3v) is 2.96. The Morgan fingerprint density at radius 1 is 1.11 bits per heavy atom. The summed E-state index contributed by atoms with van der Waals surface area (Å²) in [5.41, 5.74) is 3.05. The lowest BCUT2D eigenvalue weighted by Gasteiger charge is -2.08. The fourth-order valence-corrected chi connectivity index (χ4v) is 1.73. The number of hydrogen-bond donors (Lipinski definition) is 2. The number of hydrogen-bond acceptors (Lipinski definition) is 2. The lowest BCUT2D eigenvalue weighted by molar-refractivity contribution is 0.262. The molecule has 19 heavy (non-hydrogen) atoms. The summed E-state index contributed by atoms with van der Waals surface area (Å²) in [6.07, 6.45) is 1.54. The predicted octanol–water partition coefficient (Wildman–Crippen LogP) is 4.00. The Balaban J connectivity index is 2.03. The number of benzene rings is 1. The van der Waals surface area contributed by atoms with E-state index in [4.69, 9.17) is 11.6 Å². The highest BCUT2D eigenvalue weighted by Crippen LogP contribution is 2.15. The number of nitrogens with zero attached hydrogens (tertiary/aromatic N) is 1. The minimum absolute atomic E-state index is 0.349. The molecule has 2 N–H and O–H groups in total. The van der Waals surface area contributed by atoms with Crippen LogP contribution in [0.3, 0.4) is 0 Å². The van der Waals surface area contributed by atoms with E-state index in [0.717, 1.165) is 11.3 Å². The van der Waals surface area contributed by atoms with Crippen molar-refractivity contribution in [2.24, 2.45) is 0 Å². The van der Waals surface area contributed by atoms with E-state index in [1.807, 2.05) is 32.0 Å². The topological polar surface area (TPSA) is 54.0 Å². The number of halogens is 1. The first-order valence-corrected chi connectivity index (χ1v) is 6.19. The number of nitrogens with one attached hydrogen (secondary N) is 2. The van der Waals surface area contributed by atoms with E-state index in [0.29, 0.717) is 10.8 Å². The molecule has 5 heteroatoms. The van der Waals surface area contributed by atoms with Gasteiger partial charge in [-0.1, -0.05) is 17.7 Å². The molecule has 1 aromatic heterocycles. The predicted molar refractivity (Wildman–Crippen MR) is 77.8 cm³/mol. The number of carbonyl (C=O) groups excluding carboxylic acids is 1. The Kier molecular flexibility index (Phi) is 4.02. The standard InChI is InChI=1S/C14H14ClN3O/c1-9-3-4-12(7-10(9)2)17-14(19)18-13-8-11(15)5-6-16-13/h3-8H,1-2H3,(H2,16,17,18,19). The average molecular weight is 276 g/mol. The zero-order valence-corrected chi connectivity index (χ0v) is 11.5. The Hall–Kier alpha value is -2.07. The first-order valence-electron chi connectivity index (χ1n) is 5.81. The highest BCUT2D eigenvalue weighted by molar-refractivity contribution is 6.30. The lowest BCUT2D eigenvalue weighted by Crippen LogP contribution is -2.20. The van der Waals surface area contributed by atoms with Crippen molar-refractivity contribution in [1.29, 1.82) is 0 Å². The number of anilines is 2. The van der Waals surface area contributed by atoms with Gasteiger partial charge >= 0.3 is 6.03 Å². The van der Waals surface area contributed by atoms with Crippen LogP contribution in [0.25, 0.3) is 0 Å². The SMILES string of the molecule is Cc1ccc(NC(=O)Nc2cc(Cl)ccn2)cc1C. The fraction of sp³-hybridized carbons (Fsp3) is 0.143. The number of aryl methyl sites for hydroxylation is 2. The normalized spacial score (nSPS) is 10.1. The van der Waals surface area contributed by atoms with Crippen molar-refractivity contribution in [2.75, 3.05) is 10.6 Å². The Morgan fingerprint density at radius 2 is 1.89 bits per heavy atom. The molecule has 0 aliphatic heterocycles. The number of carbonyl (C=O) groups is 1. The van der Waals surface area contributed by atoms with E-state index in [9.17, 15) is 4.79 Å². The van der Waals surface area contributed by atoms with Gasteiger partial charge < -0.3 is 5.32 Å². The third kappa shape index (κ3) is 3.69. The van der Waals surface area contributed by atoms with Gasteiger partial charge in [-0.15, -0.1) is 0 Å². The van der Waals surface area contributed by atoms with Gasteiger partial charge in [-0.25, -0.2) is 9.78 Å². The molecule has 2 amide bonds. The number of pyridine rings is 1. The minimum atomic E-state index is -0.349. The van der Waals surface area contributed by atoms with Crippen LogP contribution in [0.15, 0.2) is 36.5 Å². The van der Waals surface area contributed by atoms with Crippen LogP contribution < -0.4 is 10.6 Å². The summed E-state index contributed by atoms with van der Waals surface area (Å²) < 4.78 is 0. The molecule has 4 nitrogen and oxygen atoms in total. The van der Waals surface area contributed by atoms with Gasteiger partial charge in [0.1, 0.15) is 5.82 Å². The molecule has 0 aliphatic carbocycles. The van der Waals surface area contributed by atoms with Crippen molar-refractivity contribution < 1.29 is 4.79 Å². The molecule has 0 unspecified atom stereocenters.